The largest absolute Gasteiger partial charge is 0.511 e. The van der Waals surface area contributed by atoms with Gasteiger partial charge in [0, 0.05) is 12.9 Å². The molecule has 2 heterocycles. The number of Topliss-reactive ketones (excluding diaryl/α,β-unsaturated/α-hetero) is 1. The van der Waals surface area contributed by atoms with Crippen molar-refractivity contribution in [2.75, 3.05) is 45.9 Å². The van der Waals surface area contributed by atoms with Crippen LogP contribution in [0.3, 0.4) is 0 Å². The monoisotopic (exact) mass is 535 g/mol. The van der Waals surface area contributed by atoms with Gasteiger partial charge in [-0.05, 0) is 12.0 Å². The highest BCUT2D eigenvalue weighted by Gasteiger charge is 2.54. The molecule has 0 radical (unpaired) electrons. The molecule has 2 aliphatic heterocycles. The quantitative estimate of drug-likeness (QED) is 0.0512. The zero-order chi connectivity index (χ0) is 26.0. The summed E-state index contributed by atoms with van der Waals surface area (Å²) in [7, 11) is 2.57. The highest BCUT2D eigenvalue weighted by Crippen LogP contribution is 2.40. The van der Waals surface area contributed by atoms with Gasteiger partial charge < -0.3 is 29.1 Å². The number of unbranched alkanes of at least 4 members (excludes halogenated alkanes) is 1. The molecule has 0 spiro atoms. The topological polar surface area (TPSA) is 159 Å². The van der Waals surface area contributed by atoms with Crippen molar-refractivity contribution in [3.63, 3.8) is 0 Å². The number of amides is 2. The molecule has 2 rings (SSSR count). The first kappa shape index (κ1) is 28.4. The van der Waals surface area contributed by atoms with E-state index in [-0.39, 0.29) is 18.9 Å². The van der Waals surface area contributed by atoms with Gasteiger partial charge in [-0.3, -0.25) is 19.3 Å². The van der Waals surface area contributed by atoms with Crippen molar-refractivity contribution < 1.29 is 47.8 Å². The molecule has 2 atom stereocenters. The predicted octanol–water partition coefficient (Wildman–Crippen LogP) is 0.551. The molecule has 0 aromatic heterocycles. The highest BCUT2D eigenvalue weighted by molar-refractivity contribution is 8.00. The van der Waals surface area contributed by atoms with Crippen LogP contribution in [0.2, 0.25) is 0 Å². The van der Waals surface area contributed by atoms with E-state index < -0.39 is 59.5 Å². The van der Waals surface area contributed by atoms with Crippen molar-refractivity contribution in [2.45, 2.75) is 31.2 Å². The van der Waals surface area contributed by atoms with Crippen molar-refractivity contribution in [1.82, 2.24) is 10.2 Å². The first-order valence-electron chi connectivity index (χ1n) is 10.4. The Kier molecular flexibility index (Phi) is 11.3. The smallest absolute Gasteiger partial charge is 0.434 e. The standard InChI is InChI=1S/C20H26ClN3O10S/c1-4-5-6-32-20(29)34-10-33-19(28)15-11(8-30-2)9-35-18-14(17(27)24(15)18)22-16(26)13(23-31-3)12(25)7-21/h14,18H,4-10H2,1-3H3,(H,22,26)/b23-13-/t14?,18-/m1/s1. The number of hydrogen-bond acceptors (Lipinski definition) is 12. The molecule has 1 N–H and O–H groups in total. The second kappa shape index (κ2) is 13.9. The normalized spacial score (nSPS) is 19.4. The van der Waals surface area contributed by atoms with Crippen LogP contribution in [0.4, 0.5) is 4.79 Å². The number of nitrogens with one attached hydrogen (secondary N) is 1. The van der Waals surface area contributed by atoms with E-state index in [1.165, 1.54) is 18.9 Å². The van der Waals surface area contributed by atoms with Gasteiger partial charge in [-0.25, -0.2) is 9.59 Å². The number of nitrogens with zero attached hydrogens (tertiary/aromatic N) is 2. The van der Waals surface area contributed by atoms with Crippen molar-refractivity contribution in [2.24, 2.45) is 5.16 Å². The van der Waals surface area contributed by atoms with Gasteiger partial charge in [0.2, 0.25) is 18.3 Å². The molecule has 1 saturated heterocycles. The Labute approximate surface area is 210 Å². The van der Waals surface area contributed by atoms with Crippen molar-refractivity contribution in [3.8, 4) is 0 Å². The Morgan fingerprint density at radius 3 is 2.57 bits per heavy atom. The number of carbonyl (C=O) groups excluding carboxylic acids is 5. The lowest BCUT2D eigenvalue weighted by atomic mass is 10.0. The van der Waals surface area contributed by atoms with E-state index in [2.05, 4.69) is 15.3 Å². The van der Waals surface area contributed by atoms with Gasteiger partial charge in [-0.1, -0.05) is 18.5 Å². The molecular weight excluding hydrogens is 510 g/mol. The molecular formula is C20H26ClN3O10S. The zero-order valence-corrected chi connectivity index (χ0v) is 20.9. The third-order valence-corrected chi connectivity index (χ3v) is 6.30. The number of esters is 1. The summed E-state index contributed by atoms with van der Waals surface area (Å²) >= 11 is 6.76. The van der Waals surface area contributed by atoms with Gasteiger partial charge in [0.05, 0.1) is 19.1 Å². The number of hydrogen-bond donors (Lipinski definition) is 1. The summed E-state index contributed by atoms with van der Waals surface area (Å²) in [4.78, 5) is 67.1. The Bertz CT molecular complexity index is 910. The van der Waals surface area contributed by atoms with Crippen LogP contribution >= 0.6 is 23.4 Å². The van der Waals surface area contributed by atoms with Gasteiger partial charge >= 0.3 is 12.1 Å². The van der Waals surface area contributed by atoms with E-state index in [4.69, 9.17) is 30.5 Å². The first-order chi connectivity index (χ1) is 16.8. The van der Waals surface area contributed by atoms with E-state index in [0.29, 0.717) is 17.7 Å². The molecule has 13 nitrogen and oxygen atoms in total. The third kappa shape index (κ3) is 7.08. The lowest BCUT2D eigenvalue weighted by molar-refractivity contribution is -0.157. The summed E-state index contributed by atoms with van der Waals surface area (Å²) in [5, 5.41) is 5.13. The number of ketones is 1. The number of methoxy groups -OCH3 is 1. The molecule has 194 valence electrons. The lowest BCUT2D eigenvalue weighted by Crippen LogP contribution is -2.71. The average molecular weight is 536 g/mol. The van der Waals surface area contributed by atoms with Gasteiger partial charge in [-0.2, -0.15) is 0 Å². The minimum atomic E-state index is -1.05. The summed E-state index contributed by atoms with van der Waals surface area (Å²) in [6.07, 6.45) is 0.499. The predicted molar refractivity (Wildman–Crippen MR) is 122 cm³/mol. The average Bonchev–Trinajstić information content (AvgIpc) is 2.85. The van der Waals surface area contributed by atoms with Crippen LogP contribution in [0.25, 0.3) is 0 Å². The molecule has 1 fully saturated rings. The lowest BCUT2D eigenvalue weighted by Gasteiger charge is -2.49. The maximum absolute atomic E-state index is 12.9. The minimum absolute atomic E-state index is 0.0414. The second-order valence-electron chi connectivity index (χ2n) is 7.07. The van der Waals surface area contributed by atoms with E-state index in [9.17, 15) is 24.0 Å². The van der Waals surface area contributed by atoms with Crippen LogP contribution in [-0.2, 0) is 43.0 Å². The maximum atomic E-state index is 12.9. The number of carbonyl (C=O) groups is 5. The van der Waals surface area contributed by atoms with E-state index >= 15 is 0 Å². The van der Waals surface area contributed by atoms with Crippen molar-refractivity contribution in [3.05, 3.63) is 11.3 Å². The first-order valence-corrected chi connectivity index (χ1v) is 12.0. The van der Waals surface area contributed by atoms with Crippen molar-refractivity contribution >= 4 is 58.8 Å². The molecule has 0 aromatic rings. The Morgan fingerprint density at radius 2 is 1.94 bits per heavy atom. The van der Waals surface area contributed by atoms with Crippen LogP contribution in [0.5, 0.6) is 0 Å². The van der Waals surface area contributed by atoms with E-state index in [0.717, 1.165) is 18.4 Å². The Morgan fingerprint density at radius 1 is 1.20 bits per heavy atom. The molecule has 0 bridgehead atoms. The number of oxime groups is 1. The molecule has 2 aliphatic rings. The van der Waals surface area contributed by atoms with Crippen molar-refractivity contribution in [1.29, 1.82) is 0 Å². The molecule has 15 heteroatoms. The number of fused-ring (bicyclic) bond motifs is 1. The van der Waals surface area contributed by atoms with Crippen LogP contribution in [0, 0.1) is 0 Å². The molecule has 1 unspecified atom stereocenters. The van der Waals surface area contributed by atoms with Crippen LogP contribution in [0.1, 0.15) is 19.8 Å². The third-order valence-electron chi connectivity index (χ3n) is 4.71. The Balaban J connectivity index is 2.07. The fraction of sp³-hybridized carbons (Fsp3) is 0.600. The second-order valence-corrected chi connectivity index (χ2v) is 8.44. The number of thioether (sulfide) groups is 1. The summed E-state index contributed by atoms with van der Waals surface area (Å²) < 4.78 is 19.6. The highest BCUT2D eigenvalue weighted by atomic mass is 35.5. The number of β-lactam (4-membered cyclic amide) rings is 1. The maximum Gasteiger partial charge on any atom is 0.511 e. The number of ether oxygens (including phenoxy) is 4. The SMILES string of the molecule is CCCCOC(=O)OCOC(=O)C1=C(COC)CS[C@@H]2C(NC(=O)/C(=N\OC)C(=O)CCl)C(=O)N12. The number of alkyl halides is 1. The molecule has 0 aliphatic carbocycles. The fourth-order valence-corrected chi connectivity index (χ4v) is 4.53. The van der Waals surface area contributed by atoms with Crippen LogP contribution in [0.15, 0.2) is 16.4 Å². The fourth-order valence-electron chi connectivity index (χ4n) is 3.08. The zero-order valence-electron chi connectivity index (χ0n) is 19.4. The van der Waals surface area contributed by atoms with Gasteiger partial charge in [-0.15, -0.1) is 23.4 Å². The molecule has 2 amide bonds. The van der Waals surface area contributed by atoms with Gasteiger partial charge in [0.25, 0.3) is 11.8 Å². The van der Waals surface area contributed by atoms with Gasteiger partial charge in [0.15, 0.2) is 0 Å². The number of rotatable bonds is 13. The molecule has 35 heavy (non-hydrogen) atoms. The van der Waals surface area contributed by atoms with Crippen LogP contribution in [-0.4, -0.2) is 97.6 Å². The van der Waals surface area contributed by atoms with Gasteiger partial charge in [0.1, 0.15) is 24.2 Å². The van der Waals surface area contributed by atoms with E-state index in [1.54, 1.807) is 0 Å². The number of halogens is 1. The summed E-state index contributed by atoms with van der Waals surface area (Å²) in [6, 6.07) is -1.05. The summed E-state index contributed by atoms with van der Waals surface area (Å²) in [5.41, 5.74) is -0.189. The summed E-state index contributed by atoms with van der Waals surface area (Å²) in [5.74, 6) is -3.48. The van der Waals surface area contributed by atoms with E-state index in [1.807, 2.05) is 6.92 Å². The molecule has 0 aromatic carbocycles. The van der Waals surface area contributed by atoms with Crippen LogP contribution < -0.4 is 5.32 Å². The Hall–Kier alpha value is -2.84. The minimum Gasteiger partial charge on any atom is -0.434 e. The summed E-state index contributed by atoms with van der Waals surface area (Å²) in [6.45, 7) is 1.43. The molecule has 0 saturated carbocycles.